The van der Waals surface area contributed by atoms with Crippen LogP contribution in [0, 0.1) is 11.2 Å². The molecule has 6 nitrogen and oxygen atoms in total. The van der Waals surface area contributed by atoms with Gasteiger partial charge >= 0.3 is 0 Å². The zero-order valence-corrected chi connectivity index (χ0v) is 16.4. The van der Waals surface area contributed by atoms with Crippen molar-refractivity contribution in [2.75, 3.05) is 0 Å². The molecule has 0 aliphatic rings. The predicted octanol–water partition coefficient (Wildman–Crippen LogP) is 4.59. The molecule has 0 amide bonds. The van der Waals surface area contributed by atoms with Gasteiger partial charge in [0.15, 0.2) is 5.69 Å². The van der Waals surface area contributed by atoms with E-state index in [2.05, 4.69) is 15.1 Å². The lowest BCUT2D eigenvalue weighted by molar-refractivity contribution is 0.608. The highest BCUT2D eigenvalue weighted by Gasteiger charge is 2.13. The lowest BCUT2D eigenvalue weighted by atomic mass is 10.1. The van der Waals surface area contributed by atoms with Crippen LogP contribution in [0.3, 0.4) is 0 Å². The monoisotopic (exact) mass is 411 g/mol. The molecular weight excluding hydrogens is 393 g/mol. The van der Waals surface area contributed by atoms with Gasteiger partial charge in [-0.1, -0.05) is 30.3 Å². The average Bonchev–Trinajstić information content (AvgIpc) is 2.80. The van der Waals surface area contributed by atoms with Gasteiger partial charge < -0.3 is 5.41 Å². The number of nitrogens with one attached hydrogen (secondary N) is 1. The van der Waals surface area contributed by atoms with Crippen molar-refractivity contribution in [2.45, 2.75) is 6.42 Å². The molecule has 0 bridgehead atoms. The highest BCUT2D eigenvalue weighted by molar-refractivity contribution is 6.06. The Morgan fingerprint density at radius 2 is 1.90 bits per heavy atom. The summed E-state index contributed by atoms with van der Waals surface area (Å²) < 4.78 is 16.2. The molecular formula is C24H18FN5O. The first-order chi connectivity index (χ1) is 15.2. The number of halogens is 1. The van der Waals surface area contributed by atoms with E-state index in [-0.39, 0.29) is 23.2 Å². The van der Waals surface area contributed by atoms with E-state index < -0.39 is 5.82 Å². The first kappa shape index (κ1) is 20.0. The third-order valence-corrected chi connectivity index (χ3v) is 4.59. The van der Waals surface area contributed by atoms with Crippen molar-refractivity contribution < 1.29 is 4.39 Å². The molecule has 152 valence electrons. The summed E-state index contributed by atoms with van der Waals surface area (Å²) in [6.07, 6.45) is 6.02. The van der Waals surface area contributed by atoms with Crippen LogP contribution in [-0.2, 0) is 0 Å². The van der Waals surface area contributed by atoms with Gasteiger partial charge in [-0.2, -0.15) is 5.10 Å². The average molecular weight is 411 g/mol. The van der Waals surface area contributed by atoms with Gasteiger partial charge in [-0.25, -0.2) is 9.07 Å². The van der Waals surface area contributed by atoms with Crippen LogP contribution in [0.4, 0.5) is 10.1 Å². The van der Waals surface area contributed by atoms with Crippen LogP contribution in [-0.4, -0.2) is 26.7 Å². The quantitative estimate of drug-likeness (QED) is 0.471. The molecule has 7 heteroatoms. The number of benzene rings is 2. The first-order valence-corrected chi connectivity index (χ1v) is 9.58. The molecule has 0 aliphatic heterocycles. The minimum atomic E-state index is -0.489. The summed E-state index contributed by atoms with van der Waals surface area (Å²) in [6, 6.07) is 18.8. The molecule has 2 heterocycles. The van der Waals surface area contributed by atoms with Gasteiger partial charge in [0.2, 0.25) is 5.43 Å². The number of aromatic nitrogens is 3. The fraction of sp³-hybridized carbons (Fsp3) is 0.0417. The molecule has 1 N–H and O–H groups in total. The highest BCUT2D eigenvalue weighted by atomic mass is 19.1. The number of aliphatic imine (C=N–C) groups is 1. The third-order valence-electron chi connectivity index (χ3n) is 4.59. The zero-order valence-electron chi connectivity index (χ0n) is 16.4. The Kier molecular flexibility index (Phi) is 5.84. The molecule has 31 heavy (non-hydrogen) atoms. The van der Waals surface area contributed by atoms with Gasteiger partial charge in [-0.3, -0.25) is 14.8 Å². The second-order valence-electron chi connectivity index (χ2n) is 6.68. The van der Waals surface area contributed by atoms with Gasteiger partial charge in [0.25, 0.3) is 0 Å². The lowest BCUT2D eigenvalue weighted by Crippen LogP contribution is -2.21. The van der Waals surface area contributed by atoms with Crippen LogP contribution in [0.25, 0.3) is 16.8 Å². The zero-order chi connectivity index (χ0) is 21.6. The lowest BCUT2D eigenvalue weighted by Gasteiger charge is -2.11. The topological polar surface area (TPSA) is 84.0 Å². The SMILES string of the molecule is N=CCC(=Nc1ccccc1)c1nn(-c2ccc(-c3cccnc3)cc2F)ccc1=O. The second-order valence-corrected chi connectivity index (χ2v) is 6.68. The molecule has 0 spiro atoms. The molecule has 0 unspecified atom stereocenters. The number of para-hydroxylation sites is 1. The molecule has 0 atom stereocenters. The molecule has 2 aromatic heterocycles. The van der Waals surface area contributed by atoms with Crippen molar-refractivity contribution in [2.24, 2.45) is 4.99 Å². The number of pyridine rings is 1. The van der Waals surface area contributed by atoms with Crippen LogP contribution in [0.5, 0.6) is 0 Å². The first-order valence-electron chi connectivity index (χ1n) is 9.58. The Morgan fingerprint density at radius 3 is 2.61 bits per heavy atom. The maximum absolute atomic E-state index is 14.9. The molecule has 0 aliphatic carbocycles. The smallest absolute Gasteiger partial charge is 0.209 e. The van der Waals surface area contributed by atoms with Crippen LogP contribution >= 0.6 is 0 Å². The van der Waals surface area contributed by atoms with E-state index in [1.807, 2.05) is 24.3 Å². The highest BCUT2D eigenvalue weighted by Crippen LogP contribution is 2.22. The predicted molar refractivity (Wildman–Crippen MR) is 119 cm³/mol. The number of nitrogens with zero attached hydrogens (tertiary/aromatic N) is 4. The Hall–Kier alpha value is -4.26. The molecule has 0 saturated carbocycles. The number of hydrogen-bond donors (Lipinski definition) is 1. The largest absolute Gasteiger partial charge is 0.313 e. The minimum absolute atomic E-state index is 0.0746. The van der Waals surface area contributed by atoms with Gasteiger partial charge in [-0.05, 0) is 35.9 Å². The van der Waals surface area contributed by atoms with Gasteiger partial charge in [0.05, 0.1) is 11.4 Å². The van der Waals surface area contributed by atoms with Crippen molar-refractivity contribution >= 4 is 17.6 Å². The van der Waals surface area contributed by atoms with Crippen molar-refractivity contribution in [3.8, 4) is 16.8 Å². The standard InChI is InChI=1S/C24H18FN5O/c25-20-15-17(18-5-4-13-27-16-18)8-9-22(20)30-14-11-23(31)24(29-30)21(10-12-26)28-19-6-2-1-3-7-19/h1-9,11-16,26H,10H2. The summed E-state index contributed by atoms with van der Waals surface area (Å²) in [5.41, 5.74) is 2.39. The van der Waals surface area contributed by atoms with E-state index >= 15 is 0 Å². The van der Waals surface area contributed by atoms with Crippen LogP contribution in [0.1, 0.15) is 12.1 Å². The van der Waals surface area contributed by atoms with Crippen molar-refractivity contribution in [1.29, 1.82) is 5.41 Å². The van der Waals surface area contributed by atoms with E-state index in [4.69, 9.17) is 5.41 Å². The Labute approximate surface area is 177 Å². The summed E-state index contributed by atoms with van der Waals surface area (Å²) >= 11 is 0. The van der Waals surface area contributed by atoms with Crippen molar-refractivity contribution in [3.63, 3.8) is 0 Å². The number of hydrogen-bond acceptors (Lipinski definition) is 5. The maximum atomic E-state index is 14.9. The Balaban J connectivity index is 1.76. The third kappa shape index (κ3) is 4.51. The minimum Gasteiger partial charge on any atom is -0.313 e. The molecule has 0 fully saturated rings. The summed E-state index contributed by atoms with van der Waals surface area (Å²) in [5, 5.41) is 11.8. The van der Waals surface area contributed by atoms with Gasteiger partial charge in [0.1, 0.15) is 11.5 Å². The molecule has 2 aromatic carbocycles. The van der Waals surface area contributed by atoms with Crippen molar-refractivity contribution in [3.05, 3.63) is 107 Å². The van der Waals surface area contributed by atoms with Crippen molar-refractivity contribution in [1.82, 2.24) is 14.8 Å². The van der Waals surface area contributed by atoms with E-state index in [1.165, 1.54) is 23.0 Å². The van der Waals surface area contributed by atoms with E-state index in [9.17, 15) is 9.18 Å². The summed E-state index contributed by atoms with van der Waals surface area (Å²) in [5.74, 6) is -0.489. The fourth-order valence-electron chi connectivity index (χ4n) is 3.10. The van der Waals surface area contributed by atoms with E-state index in [0.29, 0.717) is 17.0 Å². The van der Waals surface area contributed by atoms with E-state index in [0.717, 1.165) is 11.8 Å². The van der Waals surface area contributed by atoms with Crippen LogP contribution < -0.4 is 5.43 Å². The van der Waals surface area contributed by atoms with Crippen LogP contribution in [0.2, 0.25) is 0 Å². The maximum Gasteiger partial charge on any atom is 0.209 e. The molecule has 4 rings (SSSR count). The van der Waals surface area contributed by atoms with Gasteiger partial charge in [-0.15, -0.1) is 0 Å². The Morgan fingerprint density at radius 1 is 1.06 bits per heavy atom. The summed E-state index contributed by atoms with van der Waals surface area (Å²) in [6.45, 7) is 0. The normalized spacial score (nSPS) is 11.3. The number of rotatable bonds is 6. The molecule has 4 aromatic rings. The van der Waals surface area contributed by atoms with Gasteiger partial charge in [0, 0.05) is 42.9 Å². The summed E-state index contributed by atoms with van der Waals surface area (Å²) in [7, 11) is 0. The van der Waals surface area contributed by atoms with E-state index in [1.54, 1.807) is 42.7 Å². The second kappa shape index (κ2) is 9.04. The Bertz CT molecular complexity index is 1300. The molecule has 0 saturated heterocycles. The molecule has 0 radical (unpaired) electrons. The summed E-state index contributed by atoms with van der Waals surface area (Å²) in [4.78, 5) is 21.0. The fourth-order valence-corrected chi connectivity index (χ4v) is 3.10. The van der Waals surface area contributed by atoms with Crippen LogP contribution in [0.15, 0.2) is 95.1 Å².